The molecule has 1 aliphatic rings. The van der Waals surface area contributed by atoms with Crippen molar-refractivity contribution in [2.24, 2.45) is 0 Å². The van der Waals surface area contributed by atoms with Crippen molar-refractivity contribution in [3.05, 3.63) is 29.3 Å². The van der Waals surface area contributed by atoms with Crippen molar-refractivity contribution in [1.29, 1.82) is 0 Å². The van der Waals surface area contributed by atoms with Crippen LogP contribution in [0.2, 0.25) is 0 Å². The molecule has 2 heteroatoms. The van der Waals surface area contributed by atoms with Gasteiger partial charge in [0.1, 0.15) is 0 Å². The maximum Gasteiger partial charge on any atom is 0.0820 e. The zero-order valence-electron chi connectivity index (χ0n) is 9.67. The lowest BCUT2D eigenvalue weighted by Crippen LogP contribution is -2.53. The number of nitrogens with one attached hydrogen (secondary N) is 1. The second kappa shape index (κ2) is 3.53. The van der Waals surface area contributed by atoms with Gasteiger partial charge in [0.25, 0.3) is 0 Å². The highest BCUT2D eigenvalue weighted by Gasteiger charge is 2.40. The summed E-state index contributed by atoms with van der Waals surface area (Å²) < 4.78 is 0. The van der Waals surface area contributed by atoms with Gasteiger partial charge in [-0.15, -0.1) is 0 Å². The topological polar surface area (TPSA) is 32.3 Å². The van der Waals surface area contributed by atoms with E-state index in [9.17, 15) is 5.11 Å². The van der Waals surface area contributed by atoms with E-state index in [2.05, 4.69) is 37.4 Å². The molecule has 2 atom stereocenters. The van der Waals surface area contributed by atoms with Crippen LogP contribution in [0.1, 0.15) is 30.9 Å². The van der Waals surface area contributed by atoms with Crippen molar-refractivity contribution in [2.75, 3.05) is 5.32 Å². The van der Waals surface area contributed by atoms with E-state index in [0.29, 0.717) is 0 Å². The van der Waals surface area contributed by atoms with Crippen molar-refractivity contribution >= 4 is 5.69 Å². The Kier molecular flexibility index (Phi) is 2.47. The maximum absolute atomic E-state index is 9.93. The minimum absolute atomic E-state index is 0.206. The van der Waals surface area contributed by atoms with Crippen molar-refractivity contribution in [3.63, 3.8) is 0 Å². The van der Waals surface area contributed by atoms with Crippen LogP contribution < -0.4 is 5.32 Å². The lowest BCUT2D eigenvalue weighted by molar-refractivity contribution is -0.0286. The molecule has 0 spiro atoms. The molecule has 1 aliphatic carbocycles. The summed E-state index contributed by atoms with van der Waals surface area (Å²) in [6, 6.07) is 6.45. The first kappa shape index (κ1) is 10.5. The zero-order chi connectivity index (χ0) is 11.1. The summed E-state index contributed by atoms with van der Waals surface area (Å²) in [6.07, 6.45) is 1.95. The van der Waals surface area contributed by atoms with E-state index >= 15 is 0 Å². The van der Waals surface area contributed by atoms with Crippen LogP contribution in [-0.2, 0) is 0 Å². The third-order valence-electron chi connectivity index (χ3n) is 3.62. The standard InChI is InChI=1S/C13H19NO/c1-9-5-4-6-11(10(9)2)14-12-7-8-13(12,3)15/h4-6,12,14-15H,7-8H2,1-3H3/t12-,13-/m0/s1. The highest BCUT2D eigenvalue weighted by molar-refractivity contribution is 5.55. The fourth-order valence-electron chi connectivity index (χ4n) is 2.03. The number of hydrogen-bond acceptors (Lipinski definition) is 2. The van der Waals surface area contributed by atoms with Gasteiger partial charge in [-0.3, -0.25) is 0 Å². The highest BCUT2D eigenvalue weighted by Crippen LogP contribution is 2.34. The number of aliphatic hydroxyl groups is 1. The summed E-state index contributed by atoms with van der Waals surface area (Å²) >= 11 is 0. The molecule has 2 rings (SSSR count). The van der Waals surface area contributed by atoms with Crippen molar-refractivity contribution < 1.29 is 5.11 Å². The van der Waals surface area contributed by atoms with Crippen LogP contribution >= 0.6 is 0 Å². The highest BCUT2D eigenvalue weighted by atomic mass is 16.3. The molecule has 1 saturated carbocycles. The SMILES string of the molecule is Cc1cccc(N[C@H]2CC[C@]2(C)O)c1C. The molecule has 0 unspecified atom stereocenters. The quantitative estimate of drug-likeness (QED) is 0.778. The summed E-state index contributed by atoms with van der Waals surface area (Å²) in [5, 5.41) is 13.4. The Labute approximate surface area is 91.3 Å². The normalized spacial score (nSPS) is 29.7. The lowest BCUT2D eigenvalue weighted by Gasteiger charge is -2.43. The van der Waals surface area contributed by atoms with Crippen molar-refractivity contribution in [1.82, 2.24) is 0 Å². The Hall–Kier alpha value is -1.02. The fourth-order valence-corrected chi connectivity index (χ4v) is 2.03. The molecule has 1 aromatic rings. The fraction of sp³-hybridized carbons (Fsp3) is 0.538. The van der Waals surface area contributed by atoms with Crippen LogP contribution in [-0.4, -0.2) is 16.7 Å². The Bertz CT molecular complexity index is 371. The maximum atomic E-state index is 9.93. The van der Waals surface area contributed by atoms with Gasteiger partial charge in [0.2, 0.25) is 0 Å². The molecule has 2 nitrogen and oxygen atoms in total. The first-order valence-corrected chi connectivity index (χ1v) is 5.56. The molecule has 0 aromatic heterocycles. The Morgan fingerprint density at radius 1 is 1.40 bits per heavy atom. The third-order valence-corrected chi connectivity index (χ3v) is 3.62. The number of benzene rings is 1. The van der Waals surface area contributed by atoms with Gasteiger partial charge in [0.15, 0.2) is 0 Å². The average molecular weight is 205 g/mol. The van der Waals surface area contributed by atoms with Crippen molar-refractivity contribution in [3.8, 4) is 0 Å². The van der Waals surface area contributed by atoms with E-state index in [0.717, 1.165) is 18.5 Å². The molecule has 1 fully saturated rings. The summed E-state index contributed by atoms with van der Waals surface area (Å²) in [7, 11) is 0. The van der Waals surface area contributed by atoms with Crippen LogP contribution in [0.25, 0.3) is 0 Å². The molecule has 0 radical (unpaired) electrons. The molecular weight excluding hydrogens is 186 g/mol. The molecule has 0 aliphatic heterocycles. The third kappa shape index (κ3) is 1.86. The van der Waals surface area contributed by atoms with E-state index in [4.69, 9.17) is 0 Å². The van der Waals surface area contributed by atoms with E-state index in [1.54, 1.807) is 0 Å². The number of hydrogen-bond donors (Lipinski definition) is 2. The molecule has 1 aromatic carbocycles. The van der Waals surface area contributed by atoms with Crippen LogP contribution in [0, 0.1) is 13.8 Å². The average Bonchev–Trinajstić information content (AvgIpc) is 2.19. The van der Waals surface area contributed by atoms with E-state index in [1.807, 2.05) is 6.92 Å². The smallest absolute Gasteiger partial charge is 0.0820 e. The minimum Gasteiger partial charge on any atom is -0.388 e. The Balaban J connectivity index is 2.15. The summed E-state index contributed by atoms with van der Waals surface area (Å²) in [6.45, 7) is 6.13. The van der Waals surface area contributed by atoms with Gasteiger partial charge in [-0.1, -0.05) is 12.1 Å². The number of aryl methyl sites for hydroxylation is 1. The number of rotatable bonds is 2. The van der Waals surface area contributed by atoms with Crippen LogP contribution in [0.3, 0.4) is 0 Å². The zero-order valence-corrected chi connectivity index (χ0v) is 9.67. The molecular formula is C13H19NO. The van der Waals surface area contributed by atoms with Gasteiger partial charge < -0.3 is 10.4 Å². The van der Waals surface area contributed by atoms with E-state index in [-0.39, 0.29) is 6.04 Å². The lowest BCUT2D eigenvalue weighted by atomic mass is 9.76. The monoisotopic (exact) mass is 205 g/mol. The largest absolute Gasteiger partial charge is 0.388 e. The second-order valence-corrected chi connectivity index (χ2v) is 4.84. The van der Waals surface area contributed by atoms with Crippen LogP contribution in [0.5, 0.6) is 0 Å². The van der Waals surface area contributed by atoms with Gasteiger partial charge in [-0.05, 0) is 50.8 Å². The van der Waals surface area contributed by atoms with Gasteiger partial charge >= 0.3 is 0 Å². The summed E-state index contributed by atoms with van der Waals surface area (Å²) in [4.78, 5) is 0. The first-order chi connectivity index (χ1) is 7.00. The second-order valence-electron chi connectivity index (χ2n) is 4.84. The Morgan fingerprint density at radius 2 is 2.13 bits per heavy atom. The van der Waals surface area contributed by atoms with E-state index in [1.165, 1.54) is 11.1 Å². The summed E-state index contributed by atoms with van der Waals surface area (Å²) in [5.41, 5.74) is 3.19. The molecule has 15 heavy (non-hydrogen) atoms. The van der Waals surface area contributed by atoms with Crippen LogP contribution in [0.15, 0.2) is 18.2 Å². The Morgan fingerprint density at radius 3 is 2.67 bits per heavy atom. The molecule has 0 saturated heterocycles. The molecule has 0 amide bonds. The summed E-state index contributed by atoms with van der Waals surface area (Å²) in [5.74, 6) is 0. The first-order valence-electron chi connectivity index (χ1n) is 5.56. The van der Waals surface area contributed by atoms with E-state index < -0.39 is 5.60 Å². The molecule has 2 N–H and O–H groups in total. The van der Waals surface area contributed by atoms with Gasteiger partial charge in [-0.2, -0.15) is 0 Å². The predicted molar refractivity (Wildman–Crippen MR) is 63.2 cm³/mol. The van der Waals surface area contributed by atoms with Gasteiger partial charge in [0.05, 0.1) is 11.6 Å². The number of anilines is 1. The molecule has 0 heterocycles. The predicted octanol–water partition coefficient (Wildman–Crippen LogP) is 2.63. The molecule has 0 bridgehead atoms. The minimum atomic E-state index is -0.532. The van der Waals surface area contributed by atoms with Crippen LogP contribution in [0.4, 0.5) is 5.69 Å². The van der Waals surface area contributed by atoms with Gasteiger partial charge in [-0.25, -0.2) is 0 Å². The molecule has 82 valence electrons. The van der Waals surface area contributed by atoms with Gasteiger partial charge in [0, 0.05) is 5.69 Å². The van der Waals surface area contributed by atoms with Crippen molar-refractivity contribution in [2.45, 2.75) is 45.3 Å².